The predicted octanol–water partition coefficient (Wildman–Crippen LogP) is 5.66. The van der Waals surface area contributed by atoms with E-state index in [9.17, 15) is 5.26 Å². The van der Waals surface area contributed by atoms with Gasteiger partial charge < -0.3 is 20.7 Å². The van der Waals surface area contributed by atoms with Gasteiger partial charge in [0, 0.05) is 23.3 Å². The molecule has 35 heavy (non-hydrogen) atoms. The molecule has 0 bridgehead atoms. The van der Waals surface area contributed by atoms with E-state index in [1.54, 1.807) is 6.20 Å². The number of aromatic nitrogens is 2. The van der Waals surface area contributed by atoms with E-state index in [0.717, 1.165) is 59.8 Å². The zero-order valence-corrected chi connectivity index (χ0v) is 21.1. The Morgan fingerprint density at radius 1 is 1.23 bits per heavy atom. The first-order valence-electron chi connectivity index (χ1n) is 12.9. The van der Waals surface area contributed by atoms with Crippen LogP contribution in [-0.4, -0.2) is 34.8 Å². The Labute approximate surface area is 207 Å². The van der Waals surface area contributed by atoms with Crippen LogP contribution in [0.25, 0.3) is 5.52 Å². The molecule has 7 nitrogen and oxygen atoms in total. The van der Waals surface area contributed by atoms with Gasteiger partial charge in [-0.3, -0.25) is 0 Å². The fourth-order valence-corrected chi connectivity index (χ4v) is 5.86. The first kappa shape index (κ1) is 23.5. The molecule has 0 spiro atoms. The topological polar surface area (TPSA) is 86.4 Å². The van der Waals surface area contributed by atoms with Gasteiger partial charge >= 0.3 is 0 Å². The van der Waals surface area contributed by atoms with Crippen molar-refractivity contribution in [1.82, 2.24) is 14.9 Å². The normalized spacial score (nSPS) is 23.3. The van der Waals surface area contributed by atoms with E-state index < -0.39 is 0 Å². The SMILES string of the molecule is CCOc1ccc(Nc2c3c(c(C#N)c4ccnn24)N[C@H]2CC[C@H](NCC(C)C)CC2C3C)cc1. The molecule has 0 amide bonds. The van der Waals surface area contributed by atoms with Crippen LogP contribution >= 0.6 is 0 Å². The molecule has 1 fully saturated rings. The van der Waals surface area contributed by atoms with Gasteiger partial charge in [-0.2, -0.15) is 10.4 Å². The van der Waals surface area contributed by atoms with E-state index >= 15 is 0 Å². The number of nitrogens with zero attached hydrogens (tertiary/aromatic N) is 3. The highest BCUT2D eigenvalue weighted by Gasteiger charge is 2.41. The number of hydrogen-bond acceptors (Lipinski definition) is 6. The minimum absolute atomic E-state index is 0.283. The maximum atomic E-state index is 10.1. The summed E-state index contributed by atoms with van der Waals surface area (Å²) in [6.07, 6.45) is 5.18. The van der Waals surface area contributed by atoms with Crippen molar-refractivity contribution in [2.75, 3.05) is 23.8 Å². The molecule has 5 rings (SSSR count). The Bertz CT molecular complexity index is 1220. The number of rotatable bonds is 7. The van der Waals surface area contributed by atoms with Crippen LogP contribution in [0.5, 0.6) is 5.75 Å². The van der Waals surface area contributed by atoms with Crippen molar-refractivity contribution >= 4 is 22.7 Å². The van der Waals surface area contributed by atoms with E-state index in [1.807, 2.05) is 41.8 Å². The molecule has 4 atom stereocenters. The smallest absolute Gasteiger partial charge is 0.138 e. The average molecular weight is 473 g/mol. The van der Waals surface area contributed by atoms with Crippen molar-refractivity contribution in [3.8, 4) is 11.8 Å². The van der Waals surface area contributed by atoms with Crippen LogP contribution in [0.4, 0.5) is 17.2 Å². The molecule has 2 aromatic heterocycles. The Hall–Kier alpha value is -3.24. The van der Waals surface area contributed by atoms with E-state index in [4.69, 9.17) is 4.74 Å². The van der Waals surface area contributed by atoms with Crippen LogP contribution in [-0.2, 0) is 0 Å². The quantitative estimate of drug-likeness (QED) is 0.411. The van der Waals surface area contributed by atoms with Crippen LogP contribution in [0.3, 0.4) is 0 Å². The van der Waals surface area contributed by atoms with Crippen molar-refractivity contribution in [3.63, 3.8) is 0 Å². The molecule has 3 aromatic rings. The summed E-state index contributed by atoms with van der Waals surface area (Å²) >= 11 is 0. The van der Waals surface area contributed by atoms with Crippen LogP contribution in [0.15, 0.2) is 36.5 Å². The molecule has 184 valence electrons. The van der Waals surface area contributed by atoms with E-state index in [-0.39, 0.29) is 5.92 Å². The summed E-state index contributed by atoms with van der Waals surface area (Å²) in [5.74, 6) is 3.20. The summed E-state index contributed by atoms with van der Waals surface area (Å²) in [6, 6.07) is 13.3. The zero-order valence-electron chi connectivity index (χ0n) is 21.1. The van der Waals surface area contributed by atoms with Crippen molar-refractivity contribution < 1.29 is 4.74 Å². The Kier molecular flexibility index (Phi) is 6.57. The van der Waals surface area contributed by atoms with Crippen LogP contribution in [0.2, 0.25) is 0 Å². The summed E-state index contributed by atoms with van der Waals surface area (Å²) in [4.78, 5) is 0. The van der Waals surface area contributed by atoms with Crippen LogP contribution in [0, 0.1) is 23.2 Å². The molecule has 3 heterocycles. The highest BCUT2D eigenvalue weighted by atomic mass is 16.5. The maximum absolute atomic E-state index is 10.1. The van der Waals surface area contributed by atoms with Gasteiger partial charge in [0.25, 0.3) is 0 Å². The lowest BCUT2D eigenvalue weighted by Crippen LogP contribution is -2.47. The molecule has 3 N–H and O–H groups in total. The first-order chi connectivity index (χ1) is 17.0. The first-order valence-corrected chi connectivity index (χ1v) is 12.9. The number of nitriles is 1. The zero-order chi connectivity index (χ0) is 24.5. The molecule has 7 heteroatoms. The van der Waals surface area contributed by atoms with E-state index in [2.05, 4.69) is 47.9 Å². The lowest BCUT2D eigenvalue weighted by molar-refractivity contribution is 0.226. The third-order valence-corrected chi connectivity index (χ3v) is 7.57. The Morgan fingerprint density at radius 2 is 2.03 bits per heavy atom. The van der Waals surface area contributed by atoms with Gasteiger partial charge in [-0.05, 0) is 80.8 Å². The molecule has 2 unspecified atom stereocenters. The Balaban J connectivity index is 1.54. The number of hydrogen-bond donors (Lipinski definition) is 3. The number of nitrogens with one attached hydrogen (secondary N) is 3. The fourth-order valence-electron chi connectivity index (χ4n) is 5.86. The second-order valence-corrected chi connectivity index (χ2v) is 10.4. The molecule has 0 radical (unpaired) electrons. The van der Waals surface area contributed by atoms with Crippen molar-refractivity contribution in [2.45, 2.75) is 65.0 Å². The van der Waals surface area contributed by atoms with Gasteiger partial charge in [0.2, 0.25) is 0 Å². The summed E-state index contributed by atoms with van der Waals surface area (Å²) in [6.45, 7) is 10.5. The molecule has 1 saturated carbocycles. The summed E-state index contributed by atoms with van der Waals surface area (Å²) in [5, 5.41) is 26.0. The largest absolute Gasteiger partial charge is 0.494 e. The number of pyridine rings is 1. The lowest BCUT2D eigenvalue weighted by Gasteiger charge is -2.45. The predicted molar refractivity (Wildman–Crippen MR) is 141 cm³/mol. The third kappa shape index (κ3) is 4.43. The number of fused-ring (bicyclic) bond motifs is 3. The summed E-state index contributed by atoms with van der Waals surface area (Å²) < 4.78 is 7.51. The minimum atomic E-state index is 0.283. The fraction of sp³-hybridized carbons (Fsp3) is 0.500. The lowest BCUT2D eigenvalue weighted by atomic mass is 9.69. The molecule has 0 saturated heterocycles. The summed E-state index contributed by atoms with van der Waals surface area (Å²) in [5.41, 5.74) is 4.59. The second kappa shape index (κ2) is 9.79. The molecule has 1 aromatic carbocycles. The minimum Gasteiger partial charge on any atom is -0.494 e. The monoisotopic (exact) mass is 472 g/mol. The second-order valence-electron chi connectivity index (χ2n) is 10.4. The summed E-state index contributed by atoms with van der Waals surface area (Å²) in [7, 11) is 0. The number of benzene rings is 1. The van der Waals surface area contributed by atoms with Crippen molar-refractivity contribution in [2.24, 2.45) is 11.8 Å². The third-order valence-electron chi connectivity index (χ3n) is 7.57. The molecular formula is C28H36N6O. The van der Waals surface area contributed by atoms with Gasteiger partial charge in [0.1, 0.15) is 23.2 Å². The molecule has 1 aliphatic carbocycles. The van der Waals surface area contributed by atoms with Crippen LogP contribution < -0.4 is 20.7 Å². The molecule has 1 aliphatic heterocycles. The highest BCUT2D eigenvalue weighted by Crippen LogP contribution is 2.49. The maximum Gasteiger partial charge on any atom is 0.138 e. The van der Waals surface area contributed by atoms with Gasteiger partial charge in [-0.15, -0.1) is 0 Å². The van der Waals surface area contributed by atoms with E-state index in [1.165, 1.54) is 0 Å². The highest BCUT2D eigenvalue weighted by molar-refractivity contribution is 5.84. The number of anilines is 3. The van der Waals surface area contributed by atoms with Gasteiger partial charge in [-0.1, -0.05) is 20.8 Å². The van der Waals surface area contributed by atoms with Gasteiger partial charge in [0.05, 0.1) is 24.0 Å². The van der Waals surface area contributed by atoms with Gasteiger partial charge in [-0.25, -0.2) is 4.52 Å². The van der Waals surface area contributed by atoms with Crippen molar-refractivity contribution in [3.05, 3.63) is 47.7 Å². The standard InChI is InChI=1S/C28H36N6O/c1-5-35-21-9-6-19(7-10-21)32-28-26-18(4)22-14-20(30-16-17(2)3)8-11-24(22)33-27(26)23(15-29)25-12-13-31-34(25)28/h6-7,9-10,12-13,17-18,20,22,24,30,32-33H,5,8,11,14,16H2,1-4H3/t18?,20-,22?,24-/m0/s1. The molecular weight excluding hydrogens is 436 g/mol. The van der Waals surface area contributed by atoms with Crippen LogP contribution in [0.1, 0.15) is 64.0 Å². The average Bonchev–Trinajstić information content (AvgIpc) is 3.34. The molecule has 2 aliphatic rings. The van der Waals surface area contributed by atoms with Crippen molar-refractivity contribution in [1.29, 1.82) is 5.26 Å². The Morgan fingerprint density at radius 3 is 2.74 bits per heavy atom. The number of ether oxygens (including phenoxy) is 1. The van der Waals surface area contributed by atoms with Gasteiger partial charge in [0.15, 0.2) is 0 Å². The van der Waals surface area contributed by atoms with E-state index in [0.29, 0.717) is 36.1 Å².